The van der Waals surface area contributed by atoms with Gasteiger partial charge in [-0.1, -0.05) is 42.5 Å². The van der Waals surface area contributed by atoms with Crippen LogP contribution in [0.2, 0.25) is 0 Å². The summed E-state index contributed by atoms with van der Waals surface area (Å²) in [5.74, 6) is 0. The van der Waals surface area contributed by atoms with E-state index in [1.54, 1.807) is 30.3 Å². The Morgan fingerprint density at radius 1 is 0.774 bits per heavy atom. The van der Waals surface area contributed by atoms with Crippen molar-refractivity contribution in [3.05, 3.63) is 94.5 Å². The fourth-order valence-electron chi connectivity index (χ4n) is 3.90. The molecular weight excluding hydrogens is 430 g/mol. The molecule has 3 aromatic carbocycles. The first-order valence-corrected chi connectivity index (χ1v) is 13.6. The molecule has 1 N–H and O–H groups in total. The number of nitrogens with one attached hydrogen (secondary N) is 1. The van der Waals surface area contributed by atoms with E-state index in [1.165, 1.54) is 11.8 Å². The summed E-state index contributed by atoms with van der Waals surface area (Å²) in [5, 5.41) is 0. The van der Waals surface area contributed by atoms with Gasteiger partial charge in [0.25, 0.3) is 0 Å². The van der Waals surface area contributed by atoms with Crippen LogP contribution in [0, 0.1) is 0 Å². The summed E-state index contributed by atoms with van der Waals surface area (Å²) in [7, 11) is -6.74. The number of rotatable bonds is 4. The van der Waals surface area contributed by atoms with Gasteiger partial charge in [-0.05, 0) is 76.6 Å². The first kappa shape index (κ1) is 21.3. The van der Waals surface area contributed by atoms with Crippen molar-refractivity contribution in [1.82, 2.24) is 0 Å². The molecule has 0 spiro atoms. The van der Waals surface area contributed by atoms with Crippen molar-refractivity contribution >= 4 is 37.2 Å². The quantitative estimate of drug-likeness (QED) is 0.644. The Morgan fingerprint density at radius 2 is 1.48 bits per heavy atom. The van der Waals surface area contributed by atoms with Crippen LogP contribution in [0.5, 0.6) is 0 Å². The Labute approximate surface area is 183 Å². The van der Waals surface area contributed by atoms with Gasteiger partial charge in [-0.15, -0.1) is 0 Å². The number of fused-ring (bicyclic) bond motifs is 2. The summed E-state index contributed by atoms with van der Waals surface area (Å²) in [6.07, 6.45) is 5.98. The highest BCUT2D eigenvalue weighted by atomic mass is 32.2. The van der Waals surface area contributed by atoms with E-state index in [4.69, 9.17) is 0 Å². The van der Waals surface area contributed by atoms with Crippen molar-refractivity contribution in [2.45, 2.75) is 17.7 Å². The number of hydrogen-bond donors (Lipinski definition) is 1. The van der Waals surface area contributed by atoms with Crippen LogP contribution in [0.4, 0.5) is 5.69 Å². The van der Waals surface area contributed by atoms with Crippen molar-refractivity contribution < 1.29 is 16.8 Å². The second-order valence-electron chi connectivity index (χ2n) is 7.81. The van der Waals surface area contributed by atoms with Gasteiger partial charge >= 0.3 is 0 Å². The summed E-state index contributed by atoms with van der Waals surface area (Å²) in [5.41, 5.74) is 6.42. The Hall–Kier alpha value is -2.90. The van der Waals surface area contributed by atoms with Crippen molar-refractivity contribution in [3.8, 4) is 0 Å². The Balaban J connectivity index is 1.93. The van der Waals surface area contributed by atoms with E-state index >= 15 is 0 Å². The van der Waals surface area contributed by atoms with Crippen LogP contribution in [-0.4, -0.2) is 29.3 Å². The number of hydrogen-bond acceptors (Lipinski definition) is 4. The monoisotopic (exact) mass is 453 g/mol. The maximum Gasteiger partial charge on any atom is 0.229 e. The summed E-state index contributed by atoms with van der Waals surface area (Å²) >= 11 is 0. The lowest BCUT2D eigenvalue weighted by Gasteiger charge is -2.14. The fraction of sp³-hybridized carbons (Fsp3) is 0.167. The number of sulfone groups is 1. The molecule has 0 heterocycles. The molecule has 0 fully saturated rings. The first-order chi connectivity index (χ1) is 14.6. The highest BCUT2D eigenvalue weighted by Gasteiger charge is 2.20. The van der Waals surface area contributed by atoms with E-state index in [2.05, 4.69) is 10.8 Å². The molecule has 7 heteroatoms. The molecule has 0 amide bonds. The second kappa shape index (κ2) is 7.98. The summed E-state index contributed by atoms with van der Waals surface area (Å²) in [4.78, 5) is 0.282. The first-order valence-electron chi connectivity index (χ1n) is 9.81. The van der Waals surface area contributed by atoms with Gasteiger partial charge < -0.3 is 0 Å². The molecule has 0 aromatic heterocycles. The van der Waals surface area contributed by atoms with Crippen molar-refractivity contribution in [3.63, 3.8) is 0 Å². The molecule has 0 aliphatic heterocycles. The van der Waals surface area contributed by atoms with Crippen LogP contribution < -0.4 is 4.72 Å². The standard InChI is InChI=1S/C24H23NO4S2/c1-30(26,27)21-13-12-19-11-10-18-7-3-4-9-22(18)24(23(19)16-21)15-17-6-5-8-20(14-17)25-31(2,28)29/h3-9,12-16,25H,10-11H2,1-2H3/b24-15-. The Morgan fingerprint density at radius 3 is 2.19 bits per heavy atom. The highest BCUT2D eigenvalue weighted by molar-refractivity contribution is 7.92. The van der Waals surface area contributed by atoms with E-state index in [9.17, 15) is 16.8 Å². The van der Waals surface area contributed by atoms with Crippen LogP contribution in [0.3, 0.4) is 0 Å². The minimum absolute atomic E-state index is 0.282. The van der Waals surface area contributed by atoms with Crippen LogP contribution in [0.15, 0.2) is 71.6 Å². The molecule has 31 heavy (non-hydrogen) atoms. The molecule has 5 nitrogen and oxygen atoms in total. The van der Waals surface area contributed by atoms with Gasteiger partial charge in [0, 0.05) is 11.9 Å². The number of aryl methyl sites for hydroxylation is 2. The largest absolute Gasteiger partial charge is 0.284 e. The normalized spacial score (nSPS) is 15.1. The van der Waals surface area contributed by atoms with Crippen molar-refractivity contribution in [2.75, 3.05) is 17.2 Å². The van der Waals surface area contributed by atoms with Gasteiger partial charge in [-0.25, -0.2) is 16.8 Å². The zero-order chi connectivity index (χ0) is 22.2. The third-order valence-electron chi connectivity index (χ3n) is 5.27. The average Bonchev–Trinajstić information content (AvgIpc) is 2.83. The second-order valence-corrected chi connectivity index (χ2v) is 11.6. The minimum atomic E-state index is -3.39. The molecule has 3 aromatic rings. The third kappa shape index (κ3) is 4.89. The lowest BCUT2D eigenvalue weighted by molar-refractivity contribution is 0.601. The molecular formula is C24H23NO4S2. The smallest absolute Gasteiger partial charge is 0.229 e. The molecule has 0 unspecified atom stereocenters. The molecule has 0 radical (unpaired) electrons. The van der Waals surface area contributed by atoms with E-state index < -0.39 is 19.9 Å². The lowest BCUT2D eigenvalue weighted by Crippen LogP contribution is -2.09. The van der Waals surface area contributed by atoms with Gasteiger partial charge in [0.1, 0.15) is 0 Å². The highest BCUT2D eigenvalue weighted by Crippen LogP contribution is 2.36. The predicted octanol–water partition coefficient (Wildman–Crippen LogP) is 4.15. The fourth-order valence-corrected chi connectivity index (χ4v) is 5.10. The molecule has 0 saturated heterocycles. The molecule has 1 aliphatic carbocycles. The van der Waals surface area contributed by atoms with Crippen LogP contribution in [0.1, 0.15) is 27.8 Å². The van der Waals surface area contributed by atoms with Gasteiger partial charge in [0.2, 0.25) is 10.0 Å². The molecule has 160 valence electrons. The van der Waals surface area contributed by atoms with E-state index in [-0.39, 0.29) is 4.90 Å². The van der Waals surface area contributed by atoms with Crippen LogP contribution in [0.25, 0.3) is 11.6 Å². The Kier molecular flexibility index (Phi) is 5.49. The predicted molar refractivity (Wildman–Crippen MR) is 125 cm³/mol. The summed E-state index contributed by atoms with van der Waals surface area (Å²) < 4.78 is 50.2. The lowest BCUT2D eigenvalue weighted by atomic mass is 9.92. The molecule has 0 atom stereocenters. The molecule has 4 rings (SSSR count). The van der Waals surface area contributed by atoms with Gasteiger partial charge in [0.05, 0.1) is 11.2 Å². The topological polar surface area (TPSA) is 80.3 Å². The van der Waals surface area contributed by atoms with Crippen molar-refractivity contribution in [2.24, 2.45) is 0 Å². The number of sulfonamides is 1. The van der Waals surface area contributed by atoms with E-state index in [0.717, 1.165) is 46.9 Å². The maximum absolute atomic E-state index is 12.2. The molecule has 0 bridgehead atoms. The van der Waals surface area contributed by atoms with Gasteiger partial charge in [-0.2, -0.15) is 0 Å². The SMILES string of the molecule is CS(=O)(=O)Nc1cccc(/C=C2/c3ccccc3CCc3ccc(S(C)(=O)=O)cc32)c1. The maximum atomic E-state index is 12.2. The van der Waals surface area contributed by atoms with E-state index in [1.807, 2.05) is 36.4 Å². The third-order valence-corrected chi connectivity index (χ3v) is 6.99. The number of anilines is 1. The number of benzene rings is 3. The van der Waals surface area contributed by atoms with Gasteiger partial charge in [0.15, 0.2) is 9.84 Å². The Bertz CT molecular complexity index is 1400. The van der Waals surface area contributed by atoms with Crippen LogP contribution in [-0.2, 0) is 32.7 Å². The molecule has 0 saturated carbocycles. The minimum Gasteiger partial charge on any atom is -0.284 e. The summed E-state index contributed by atoms with van der Waals surface area (Å²) in [6, 6.07) is 20.6. The zero-order valence-corrected chi connectivity index (χ0v) is 18.9. The van der Waals surface area contributed by atoms with E-state index in [0.29, 0.717) is 5.69 Å². The van der Waals surface area contributed by atoms with Crippen molar-refractivity contribution in [1.29, 1.82) is 0 Å². The summed E-state index contributed by atoms with van der Waals surface area (Å²) in [6.45, 7) is 0. The average molecular weight is 454 g/mol. The molecule has 1 aliphatic rings. The van der Waals surface area contributed by atoms with Gasteiger partial charge in [-0.3, -0.25) is 4.72 Å². The zero-order valence-electron chi connectivity index (χ0n) is 17.3. The van der Waals surface area contributed by atoms with Crippen LogP contribution >= 0.6 is 0 Å².